The number of nitrogens with zero attached hydrogens (tertiary/aromatic N) is 4. The maximum absolute atomic E-state index is 11.7. The molecule has 0 unspecified atom stereocenters. The van der Waals surface area contributed by atoms with Crippen LogP contribution >= 0.6 is 0 Å². The molecule has 0 radical (unpaired) electrons. The molecule has 0 bridgehead atoms. The van der Waals surface area contributed by atoms with Gasteiger partial charge in [0, 0.05) is 11.6 Å². The molecule has 1 aliphatic heterocycles. The molecule has 0 saturated heterocycles. The molecule has 1 aromatic heterocycles. The van der Waals surface area contributed by atoms with Gasteiger partial charge in [-0.25, -0.2) is 4.98 Å². The molecule has 1 aromatic carbocycles. The molecular formula is C21H15N5O3. The van der Waals surface area contributed by atoms with E-state index in [0.29, 0.717) is 52.3 Å². The highest BCUT2D eigenvalue weighted by atomic mass is 16.6. The molecule has 29 heavy (non-hydrogen) atoms. The maximum Gasteiger partial charge on any atom is 0.276 e. The van der Waals surface area contributed by atoms with Gasteiger partial charge in [0.25, 0.3) is 5.69 Å². The van der Waals surface area contributed by atoms with Crippen molar-refractivity contribution in [1.29, 1.82) is 10.5 Å². The van der Waals surface area contributed by atoms with E-state index in [4.69, 9.17) is 10.5 Å². The van der Waals surface area contributed by atoms with Crippen LogP contribution in [-0.4, -0.2) is 9.91 Å². The van der Waals surface area contributed by atoms with Gasteiger partial charge < -0.3 is 10.5 Å². The molecule has 0 atom stereocenters. The third kappa shape index (κ3) is 2.66. The number of nitro benzene ring substituents is 1. The topological polar surface area (TPSA) is 139 Å². The smallest absolute Gasteiger partial charge is 0.276 e. The van der Waals surface area contributed by atoms with Crippen molar-refractivity contribution in [3.63, 3.8) is 0 Å². The summed E-state index contributed by atoms with van der Waals surface area (Å²) in [6.07, 6.45) is 1.68. The Bertz CT molecular complexity index is 1260. The lowest BCUT2D eigenvalue weighted by atomic mass is 9.94. The Labute approximate surface area is 166 Å². The molecule has 0 amide bonds. The van der Waals surface area contributed by atoms with Gasteiger partial charge >= 0.3 is 0 Å². The van der Waals surface area contributed by atoms with Gasteiger partial charge in [-0.05, 0) is 53.8 Å². The summed E-state index contributed by atoms with van der Waals surface area (Å²) in [5.74, 6) is 0.0613. The normalized spacial score (nSPS) is 15.8. The Morgan fingerprint density at radius 3 is 2.55 bits per heavy atom. The van der Waals surface area contributed by atoms with Crippen LogP contribution in [0, 0.1) is 39.7 Å². The van der Waals surface area contributed by atoms with E-state index in [0.717, 1.165) is 11.1 Å². The number of fused-ring (bicyclic) bond motifs is 2. The second-order valence-electron chi connectivity index (χ2n) is 6.93. The van der Waals surface area contributed by atoms with Crippen LogP contribution in [-0.2, 0) is 18.0 Å². The Morgan fingerprint density at radius 1 is 1.24 bits per heavy atom. The zero-order chi connectivity index (χ0) is 20.9. The molecule has 0 fully saturated rings. The predicted molar refractivity (Wildman–Crippen MR) is 106 cm³/mol. The number of anilines is 1. The Balaban J connectivity index is 2.02. The van der Waals surface area contributed by atoms with Crippen LogP contribution in [0.4, 0.5) is 11.5 Å². The van der Waals surface area contributed by atoms with Crippen LogP contribution in [0.15, 0.2) is 17.7 Å². The number of benzene rings is 1. The molecule has 0 spiro atoms. The summed E-state index contributed by atoms with van der Waals surface area (Å²) in [5, 5.41) is 30.7. The van der Waals surface area contributed by atoms with Crippen molar-refractivity contribution in [3.05, 3.63) is 66.9 Å². The molecule has 4 rings (SSSR count). The van der Waals surface area contributed by atoms with E-state index in [9.17, 15) is 20.6 Å². The van der Waals surface area contributed by atoms with E-state index in [1.807, 2.05) is 6.07 Å². The summed E-state index contributed by atoms with van der Waals surface area (Å²) in [7, 11) is 0. The second-order valence-corrected chi connectivity index (χ2v) is 6.93. The maximum atomic E-state index is 11.7. The van der Waals surface area contributed by atoms with Crippen molar-refractivity contribution in [1.82, 2.24) is 4.98 Å². The predicted octanol–water partition coefficient (Wildman–Crippen LogP) is 3.63. The van der Waals surface area contributed by atoms with Crippen molar-refractivity contribution >= 4 is 28.7 Å². The molecule has 8 nitrogen and oxygen atoms in total. The van der Waals surface area contributed by atoms with E-state index in [2.05, 4.69) is 11.1 Å². The molecule has 8 heteroatoms. The molecule has 2 aromatic rings. The number of nitriles is 2. The minimum atomic E-state index is -0.431. The largest absolute Gasteiger partial charge is 0.383 e. The van der Waals surface area contributed by atoms with Crippen molar-refractivity contribution in [2.45, 2.75) is 27.1 Å². The summed E-state index contributed by atoms with van der Waals surface area (Å²) in [5.41, 5.74) is 11.4. The molecule has 2 heterocycles. The first kappa shape index (κ1) is 18.4. The average molecular weight is 385 g/mol. The summed E-state index contributed by atoms with van der Waals surface area (Å²) in [6, 6.07) is 7.47. The first-order chi connectivity index (χ1) is 13.9. The summed E-state index contributed by atoms with van der Waals surface area (Å²) in [6.45, 7) is 4.24. The number of nitro groups is 1. The zero-order valence-corrected chi connectivity index (χ0v) is 15.7. The van der Waals surface area contributed by atoms with Gasteiger partial charge in [-0.2, -0.15) is 10.5 Å². The van der Waals surface area contributed by atoms with E-state index in [-0.39, 0.29) is 17.1 Å². The Morgan fingerprint density at radius 2 is 1.93 bits per heavy atom. The van der Waals surface area contributed by atoms with Gasteiger partial charge in [0.2, 0.25) is 0 Å². The fourth-order valence-corrected chi connectivity index (χ4v) is 3.86. The first-order valence-electron chi connectivity index (χ1n) is 8.79. The van der Waals surface area contributed by atoms with Crippen molar-refractivity contribution in [3.8, 4) is 12.1 Å². The lowest BCUT2D eigenvalue weighted by Gasteiger charge is -2.11. The highest BCUT2D eigenvalue weighted by Gasteiger charge is 2.30. The fourth-order valence-electron chi connectivity index (χ4n) is 3.86. The van der Waals surface area contributed by atoms with Gasteiger partial charge in [0.1, 0.15) is 18.0 Å². The van der Waals surface area contributed by atoms with Gasteiger partial charge in [0.05, 0.1) is 40.5 Å². The Kier molecular flexibility index (Phi) is 4.15. The molecule has 142 valence electrons. The van der Waals surface area contributed by atoms with Gasteiger partial charge in [0.15, 0.2) is 0 Å². The number of allylic oxidation sites excluding steroid dienone is 3. The molecular weight excluding hydrogens is 370 g/mol. The lowest BCUT2D eigenvalue weighted by Crippen LogP contribution is -2.04. The van der Waals surface area contributed by atoms with Crippen LogP contribution in [0.3, 0.4) is 0 Å². The van der Waals surface area contributed by atoms with Crippen LogP contribution < -0.4 is 5.73 Å². The molecule has 0 saturated carbocycles. The minimum Gasteiger partial charge on any atom is -0.383 e. The van der Waals surface area contributed by atoms with Gasteiger partial charge in [-0.1, -0.05) is 0 Å². The van der Waals surface area contributed by atoms with Crippen LogP contribution in [0.5, 0.6) is 0 Å². The molecule has 2 aliphatic rings. The van der Waals surface area contributed by atoms with Crippen molar-refractivity contribution < 1.29 is 9.66 Å². The van der Waals surface area contributed by atoms with E-state index in [1.165, 1.54) is 6.07 Å². The van der Waals surface area contributed by atoms with E-state index in [1.54, 1.807) is 26.0 Å². The molecule has 1 aliphatic carbocycles. The van der Waals surface area contributed by atoms with Gasteiger partial charge in [-0.15, -0.1) is 0 Å². The number of pyridine rings is 1. The number of rotatable bonds is 2. The standard InChI is InChI=1S/C21H15N5O3/c1-10-15(4-12-3-13-8-29-9-14(13)5-18(12)26(27)28)19-11(2)17(7-23)21(24)25-20(19)16(10)6-22/h3-5H,8-9H2,1-2H3,(H2,24,25). The van der Waals surface area contributed by atoms with Crippen molar-refractivity contribution in [2.24, 2.45) is 0 Å². The van der Waals surface area contributed by atoms with Crippen LogP contribution in [0.25, 0.3) is 17.2 Å². The lowest BCUT2D eigenvalue weighted by molar-refractivity contribution is -0.385. The van der Waals surface area contributed by atoms with Crippen LogP contribution in [0.2, 0.25) is 0 Å². The number of hydrogen-bond acceptors (Lipinski definition) is 7. The third-order valence-electron chi connectivity index (χ3n) is 5.34. The van der Waals surface area contributed by atoms with Crippen LogP contribution in [0.1, 0.15) is 46.0 Å². The van der Waals surface area contributed by atoms with E-state index >= 15 is 0 Å². The monoisotopic (exact) mass is 385 g/mol. The number of nitrogens with two attached hydrogens (primary N) is 1. The third-order valence-corrected chi connectivity index (χ3v) is 5.34. The fraction of sp³-hybridized carbons (Fsp3) is 0.190. The minimum absolute atomic E-state index is 0.0388. The quantitative estimate of drug-likeness (QED) is 0.615. The highest BCUT2D eigenvalue weighted by molar-refractivity contribution is 6.09. The zero-order valence-electron chi connectivity index (χ0n) is 15.7. The number of aromatic nitrogens is 1. The number of nitrogen functional groups attached to an aromatic ring is 1. The first-order valence-corrected chi connectivity index (χ1v) is 8.79. The number of hydrogen-bond donors (Lipinski definition) is 1. The summed E-state index contributed by atoms with van der Waals surface area (Å²) >= 11 is 0. The number of ether oxygens (including phenoxy) is 1. The Hall–Kier alpha value is -4.01. The molecule has 2 N–H and O–H groups in total. The van der Waals surface area contributed by atoms with Crippen molar-refractivity contribution in [2.75, 3.05) is 5.73 Å². The average Bonchev–Trinajstić information content (AvgIpc) is 3.23. The summed E-state index contributed by atoms with van der Waals surface area (Å²) in [4.78, 5) is 15.5. The summed E-state index contributed by atoms with van der Waals surface area (Å²) < 4.78 is 5.39. The SMILES string of the molecule is CC1=C(C#N)c2nc(N)c(C#N)c(C)c2C1=Cc1cc2c(cc1[N+](=O)[O-])COC2. The van der Waals surface area contributed by atoms with E-state index < -0.39 is 4.92 Å². The van der Waals surface area contributed by atoms with Gasteiger partial charge in [-0.3, -0.25) is 10.1 Å². The second kappa shape index (κ2) is 6.55. The highest BCUT2D eigenvalue weighted by Crippen LogP contribution is 2.45.